The van der Waals surface area contributed by atoms with Crippen LogP contribution in [0.2, 0.25) is 0 Å². The summed E-state index contributed by atoms with van der Waals surface area (Å²) < 4.78 is 6.26. The highest BCUT2D eigenvalue weighted by Crippen LogP contribution is 2.32. The third kappa shape index (κ3) is 2.18. The number of likely N-dealkylation sites (N-methyl/N-ethyl adjacent to an activating group) is 1. The Balaban J connectivity index is 1.91. The summed E-state index contributed by atoms with van der Waals surface area (Å²) in [5.41, 5.74) is 1.83. The number of nitrogens with zero attached hydrogens (tertiary/aromatic N) is 4. The first-order chi connectivity index (χ1) is 10.2. The van der Waals surface area contributed by atoms with Crippen LogP contribution in [-0.4, -0.2) is 48.3 Å². The lowest BCUT2D eigenvalue weighted by Crippen LogP contribution is -2.44. The van der Waals surface area contributed by atoms with Crippen LogP contribution in [0.4, 0.5) is 5.82 Å². The second-order valence-corrected chi connectivity index (χ2v) is 6.38. The van der Waals surface area contributed by atoms with Crippen molar-refractivity contribution in [3.05, 3.63) is 28.9 Å². The summed E-state index contributed by atoms with van der Waals surface area (Å²) in [7, 11) is 2.15. The van der Waals surface area contributed by atoms with Gasteiger partial charge in [-0.2, -0.15) is 0 Å². The van der Waals surface area contributed by atoms with Gasteiger partial charge in [0.05, 0.1) is 10.9 Å². The van der Waals surface area contributed by atoms with Crippen molar-refractivity contribution in [3.8, 4) is 0 Å². The zero-order chi connectivity index (χ0) is 14.4. The van der Waals surface area contributed by atoms with E-state index >= 15 is 0 Å². The van der Waals surface area contributed by atoms with Crippen molar-refractivity contribution in [1.82, 2.24) is 15.0 Å². The first-order valence-electron chi connectivity index (χ1n) is 6.99. The molecule has 108 valence electrons. The van der Waals surface area contributed by atoms with Gasteiger partial charge in [0.1, 0.15) is 6.26 Å². The summed E-state index contributed by atoms with van der Waals surface area (Å²) in [6.45, 7) is 4.01. The van der Waals surface area contributed by atoms with Crippen molar-refractivity contribution in [1.29, 1.82) is 0 Å². The zero-order valence-electron chi connectivity index (χ0n) is 11.7. The second-order valence-electron chi connectivity index (χ2n) is 5.46. The van der Waals surface area contributed by atoms with E-state index in [0.717, 1.165) is 58.3 Å². The van der Waals surface area contributed by atoms with Crippen LogP contribution in [0.3, 0.4) is 0 Å². The predicted octanol–water partition coefficient (Wildman–Crippen LogP) is 2.89. The molecule has 4 rings (SSSR count). The van der Waals surface area contributed by atoms with Gasteiger partial charge >= 0.3 is 0 Å². The average molecular weight is 347 g/mol. The van der Waals surface area contributed by atoms with Crippen molar-refractivity contribution in [2.75, 3.05) is 38.1 Å². The third-order valence-corrected chi connectivity index (χ3v) is 4.55. The van der Waals surface area contributed by atoms with Crippen molar-refractivity contribution < 1.29 is 4.52 Å². The van der Waals surface area contributed by atoms with E-state index in [2.05, 4.69) is 44.0 Å². The Labute approximate surface area is 130 Å². The molecule has 1 aliphatic rings. The van der Waals surface area contributed by atoms with Crippen LogP contribution >= 0.6 is 15.9 Å². The van der Waals surface area contributed by atoms with Gasteiger partial charge in [0.2, 0.25) is 0 Å². The summed E-state index contributed by atoms with van der Waals surface area (Å²) in [5.74, 6) is 0.932. The van der Waals surface area contributed by atoms with Crippen molar-refractivity contribution in [2.24, 2.45) is 0 Å². The maximum atomic E-state index is 5.22. The molecule has 0 N–H and O–H groups in total. The molecule has 3 heterocycles. The highest BCUT2D eigenvalue weighted by Gasteiger charge is 2.21. The molecular weight excluding hydrogens is 332 g/mol. The molecule has 21 heavy (non-hydrogen) atoms. The quantitative estimate of drug-likeness (QED) is 0.677. The van der Waals surface area contributed by atoms with Crippen LogP contribution in [0.15, 0.2) is 33.5 Å². The summed E-state index contributed by atoms with van der Waals surface area (Å²) in [4.78, 5) is 9.46. The summed E-state index contributed by atoms with van der Waals surface area (Å²) >= 11 is 3.51. The molecule has 1 fully saturated rings. The smallest absolute Gasteiger partial charge is 0.159 e. The Bertz CT molecular complexity index is 808. The summed E-state index contributed by atoms with van der Waals surface area (Å²) in [6, 6.07) is 6.11. The number of hydrogen-bond donors (Lipinski definition) is 0. The molecule has 0 saturated carbocycles. The Kier molecular flexibility index (Phi) is 3.08. The number of rotatable bonds is 1. The first-order valence-corrected chi connectivity index (χ1v) is 7.78. The Hall–Kier alpha value is -1.66. The predicted molar refractivity (Wildman–Crippen MR) is 86.7 cm³/mol. The first kappa shape index (κ1) is 13.0. The van der Waals surface area contributed by atoms with Crippen LogP contribution in [-0.2, 0) is 0 Å². The molecule has 3 aromatic rings. The molecule has 1 aromatic carbocycles. The largest absolute Gasteiger partial charge is 0.363 e. The minimum absolute atomic E-state index is 0.852. The average Bonchev–Trinajstić information content (AvgIpc) is 2.97. The number of hydrogen-bond acceptors (Lipinski definition) is 5. The van der Waals surface area contributed by atoms with Crippen LogP contribution in [0.1, 0.15) is 0 Å². The monoisotopic (exact) mass is 346 g/mol. The molecule has 0 unspecified atom stereocenters. The number of anilines is 1. The standard InChI is InChI=1S/C15H15BrN4O/c1-19-4-6-20(7-5-19)15-14-12(9-21-18-14)11-8-10(16)2-3-13(11)17-15/h2-3,8-9H,4-7H2,1H3. The lowest BCUT2D eigenvalue weighted by Gasteiger charge is -2.33. The molecular formula is C15H15BrN4O. The van der Waals surface area contributed by atoms with E-state index in [1.807, 2.05) is 12.1 Å². The number of halogens is 1. The minimum atomic E-state index is 0.852. The van der Waals surface area contributed by atoms with E-state index in [4.69, 9.17) is 9.51 Å². The summed E-state index contributed by atoms with van der Waals surface area (Å²) in [6.07, 6.45) is 1.71. The normalized spacial score (nSPS) is 17.0. The molecule has 1 saturated heterocycles. The van der Waals surface area contributed by atoms with E-state index in [1.165, 1.54) is 0 Å². The minimum Gasteiger partial charge on any atom is -0.363 e. The number of piperazine rings is 1. The number of aromatic nitrogens is 2. The molecule has 0 amide bonds. The van der Waals surface area contributed by atoms with Crippen LogP contribution in [0, 0.1) is 0 Å². The van der Waals surface area contributed by atoms with Crippen molar-refractivity contribution >= 4 is 43.6 Å². The van der Waals surface area contributed by atoms with Crippen molar-refractivity contribution in [2.45, 2.75) is 0 Å². The van der Waals surface area contributed by atoms with Gasteiger partial charge in [-0.05, 0) is 25.2 Å². The molecule has 2 aromatic heterocycles. The molecule has 1 aliphatic heterocycles. The lowest BCUT2D eigenvalue weighted by molar-refractivity contribution is 0.312. The Morgan fingerprint density at radius 1 is 1.14 bits per heavy atom. The fourth-order valence-corrected chi connectivity index (χ4v) is 3.18. The van der Waals surface area contributed by atoms with Crippen LogP contribution in [0.5, 0.6) is 0 Å². The van der Waals surface area contributed by atoms with E-state index in [-0.39, 0.29) is 0 Å². The molecule has 0 atom stereocenters. The lowest BCUT2D eigenvalue weighted by atomic mass is 10.1. The van der Waals surface area contributed by atoms with Gasteiger partial charge in [0.25, 0.3) is 0 Å². The van der Waals surface area contributed by atoms with Crippen LogP contribution in [0.25, 0.3) is 21.8 Å². The Morgan fingerprint density at radius 3 is 2.76 bits per heavy atom. The molecule has 5 nitrogen and oxygen atoms in total. The number of fused-ring (bicyclic) bond motifs is 3. The number of pyridine rings is 1. The van der Waals surface area contributed by atoms with Gasteiger partial charge < -0.3 is 14.3 Å². The van der Waals surface area contributed by atoms with Gasteiger partial charge in [-0.25, -0.2) is 4.98 Å². The molecule has 6 heteroatoms. The fraction of sp³-hybridized carbons (Fsp3) is 0.333. The van der Waals surface area contributed by atoms with E-state index in [1.54, 1.807) is 6.26 Å². The number of benzene rings is 1. The highest BCUT2D eigenvalue weighted by atomic mass is 79.9. The fourth-order valence-electron chi connectivity index (χ4n) is 2.82. The highest BCUT2D eigenvalue weighted by molar-refractivity contribution is 9.10. The van der Waals surface area contributed by atoms with Gasteiger partial charge in [0, 0.05) is 36.0 Å². The third-order valence-electron chi connectivity index (χ3n) is 4.06. The molecule has 0 bridgehead atoms. The maximum Gasteiger partial charge on any atom is 0.159 e. The zero-order valence-corrected chi connectivity index (χ0v) is 13.3. The van der Waals surface area contributed by atoms with Gasteiger partial charge in [0.15, 0.2) is 11.3 Å². The summed E-state index contributed by atoms with van der Waals surface area (Å²) in [5, 5.41) is 6.28. The Morgan fingerprint density at radius 2 is 1.95 bits per heavy atom. The van der Waals surface area contributed by atoms with E-state index in [9.17, 15) is 0 Å². The van der Waals surface area contributed by atoms with Crippen molar-refractivity contribution in [3.63, 3.8) is 0 Å². The molecule has 0 aliphatic carbocycles. The SMILES string of the molecule is CN1CCN(c2nc3ccc(Br)cc3c3conc23)CC1. The van der Waals surface area contributed by atoms with Gasteiger partial charge in [-0.3, -0.25) is 0 Å². The maximum absolute atomic E-state index is 5.22. The molecule has 0 radical (unpaired) electrons. The van der Waals surface area contributed by atoms with E-state index in [0.29, 0.717) is 0 Å². The second kappa shape index (κ2) is 4.96. The topological polar surface area (TPSA) is 45.4 Å². The van der Waals surface area contributed by atoms with Crippen LogP contribution < -0.4 is 4.90 Å². The van der Waals surface area contributed by atoms with Gasteiger partial charge in [-0.1, -0.05) is 21.1 Å². The molecule has 0 spiro atoms. The van der Waals surface area contributed by atoms with E-state index < -0.39 is 0 Å². The van der Waals surface area contributed by atoms with Gasteiger partial charge in [-0.15, -0.1) is 0 Å².